The molecule has 3 heteroatoms. The van der Waals surface area contributed by atoms with Crippen LogP contribution < -0.4 is 0 Å². The zero-order valence-corrected chi connectivity index (χ0v) is 11.2. The third kappa shape index (κ3) is 2.21. The van der Waals surface area contributed by atoms with E-state index in [0.29, 0.717) is 6.42 Å². The van der Waals surface area contributed by atoms with Crippen LogP contribution in [0.2, 0.25) is 0 Å². The van der Waals surface area contributed by atoms with Crippen molar-refractivity contribution in [1.82, 2.24) is 0 Å². The first-order chi connectivity index (χ1) is 9.49. The van der Waals surface area contributed by atoms with Crippen molar-refractivity contribution < 1.29 is 13.2 Å². The van der Waals surface area contributed by atoms with Crippen LogP contribution in [0.15, 0.2) is 36.4 Å². The van der Waals surface area contributed by atoms with Gasteiger partial charge in [-0.2, -0.15) is 13.2 Å². The van der Waals surface area contributed by atoms with E-state index in [0.717, 1.165) is 29.5 Å². The Morgan fingerprint density at radius 2 is 1.50 bits per heavy atom. The molecule has 0 saturated heterocycles. The minimum atomic E-state index is -4.26. The largest absolute Gasteiger partial charge is 0.416 e. The normalized spacial score (nSPS) is 13.8. The van der Waals surface area contributed by atoms with E-state index in [1.807, 2.05) is 6.07 Å². The predicted octanol–water partition coefficient (Wildman–Crippen LogP) is 5.03. The monoisotopic (exact) mass is 276 g/mol. The van der Waals surface area contributed by atoms with E-state index in [4.69, 9.17) is 0 Å². The van der Waals surface area contributed by atoms with E-state index in [1.54, 1.807) is 6.07 Å². The number of hydrogen-bond donors (Lipinski definition) is 0. The zero-order chi connectivity index (χ0) is 14.3. The highest BCUT2D eigenvalue weighted by molar-refractivity contribution is 5.73. The van der Waals surface area contributed by atoms with Gasteiger partial charge in [-0.25, -0.2) is 0 Å². The third-order valence-corrected chi connectivity index (χ3v) is 3.96. The summed E-state index contributed by atoms with van der Waals surface area (Å²) in [7, 11) is 0. The first kappa shape index (κ1) is 13.2. The summed E-state index contributed by atoms with van der Waals surface area (Å²) in [5.74, 6) is 0. The van der Waals surface area contributed by atoms with Crippen molar-refractivity contribution in [3.05, 3.63) is 58.7 Å². The smallest absolute Gasteiger partial charge is 0.166 e. The average Bonchev–Trinajstić information content (AvgIpc) is 2.44. The molecule has 0 radical (unpaired) electrons. The summed E-state index contributed by atoms with van der Waals surface area (Å²) in [6.07, 6.45) is -1.79. The van der Waals surface area contributed by atoms with Crippen molar-refractivity contribution in [3.63, 3.8) is 0 Å². The molecule has 0 aliphatic heterocycles. The van der Waals surface area contributed by atoms with Gasteiger partial charge in [0.15, 0.2) is 0 Å². The molecule has 0 N–H and O–H groups in total. The van der Waals surface area contributed by atoms with Gasteiger partial charge < -0.3 is 0 Å². The molecule has 0 atom stereocenters. The minimum absolute atomic E-state index is 0.551. The first-order valence-electron chi connectivity index (χ1n) is 6.81. The Bertz CT molecular complexity index is 654. The number of fused-ring (bicyclic) bond motifs is 3. The van der Waals surface area contributed by atoms with Gasteiger partial charge in [0.2, 0.25) is 0 Å². The van der Waals surface area contributed by atoms with Gasteiger partial charge in [-0.1, -0.05) is 31.2 Å². The van der Waals surface area contributed by atoms with Crippen LogP contribution >= 0.6 is 0 Å². The SMILES string of the molecule is CCc1ccc2c(c1)CCc1cc(C(F)(F)F)ccc1-2. The molecule has 0 fully saturated rings. The van der Waals surface area contributed by atoms with E-state index >= 15 is 0 Å². The van der Waals surface area contributed by atoms with Gasteiger partial charge in [0, 0.05) is 0 Å². The van der Waals surface area contributed by atoms with Gasteiger partial charge >= 0.3 is 6.18 Å². The molecule has 0 spiro atoms. The average molecular weight is 276 g/mol. The number of benzene rings is 2. The predicted molar refractivity (Wildman–Crippen MR) is 73.7 cm³/mol. The van der Waals surface area contributed by atoms with Gasteiger partial charge in [-0.15, -0.1) is 0 Å². The lowest BCUT2D eigenvalue weighted by atomic mass is 9.84. The summed E-state index contributed by atoms with van der Waals surface area (Å²) in [6.45, 7) is 2.11. The summed E-state index contributed by atoms with van der Waals surface area (Å²) < 4.78 is 38.3. The van der Waals surface area contributed by atoms with Gasteiger partial charge in [-0.3, -0.25) is 0 Å². The highest BCUT2D eigenvalue weighted by Crippen LogP contribution is 2.38. The molecule has 0 bridgehead atoms. The number of alkyl halides is 3. The first-order valence-corrected chi connectivity index (χ1v) is 6.81. The maximum Gasteiger partial charge on any atom is 0.416 e. The van der Waals surface area contributed by atoms with Crippen molar-refractivity contribution in [3.8, 4) is 11.1 Å². The van der Waals surface area contributed by atoms with Crippen molar-refractivity contribution in [2.45, 2.75) is 32.4 Å². The molecule has 20 heavy (non-hydrogen) atoms. The Morgan fingerprint density at radius 1 is 0.900 bits per heavy atom. The Hall–Kier alpha value is -1.77. The van der Waals surface area contributed by atoms with Gasteiger partial charge in [-0.05, 0) is 59.2 Å². The van der Waals surface area contributed by atoms with Gasteiger partial charge in [0.1, 0.15) is 0 Å². The van der Waals surface area contributed by atoms with Crippen LogP contribution in [0.3, 0.4) is 0 Å². The summed E-state index contributed by atoms with van der Waals surface area (Å²) in [5.41, 5.74) is 4.80. The molecule has 0 amide bonds. The molecule has 0 heterocycles. The Morgan fingerprint density at radius 3 is 2.10 bits per heavy atom. The lowest BCUT2D eigenvalue weighted by molar-refractivity contribution is -0.137. The van der Waals surface area contributed by atoms with Crippen LogP contribution in [0, 0.1) is 0 Å². The lowest BCUT2D eigenvalue weighted by Crippen LogP contribution is -2.09. The van der Waals surface area contributed by atoms with Gasteiger partial charge in [0.25, 0.3) is 0 Å². The summed E-state index contributed by atoms with van der Waals surface area (Å²) in [6, 6.07) is 10.4. The number of halogens is 3. The fourth-order valence-corrected chi connectivity index (χ4v) is 2.85. The van der Waals surface area contributed by atoms with E-state index < -0.39 is 11.7 Å². The minimum Gasteiger partial charge on any atom is -0.166 e. The summed E-state index contributed by atoms with van der Waals surface area (Å²) in [4.78, 5) is 0. The number of hydrogen-bond acceptors (Lipinski definition) is 0. The molecule has 0 unspecified atom stereocenters. The Kier molecular flexibility index (Phi) is 3.08. The Balaban J connectivity index is 2.09. The molecule has 104 valence electrons. The molecule has 0 aromatic heterocycles. The van der Waals surface area contributed by atoms with E-state index in [-0.39, 0.29) is 0 Å². The van der Waals surface area contributed by atoms with Crippen LogP contribution in [0.5, 0.6) is 0 Å². The van der Waals surface area contributed by atoms with E-state index in [9.17, 15) is 13.2 Å². The molecule has 0 saturated carbocycles. The number of aryl methyl sites for hydroxylation is 3. The topological polar surface area (TPSA) is 0 Å². The van der Waals surface area contributed by atoms with Crippen LogP contribution in [0.1, 0.15) is 29.2 Å². The third-order valence-electron chi connectivity index (χ3n) is 3.96. The van der Waals surface area contributed by atoms with E-state index in [2.05, 4.69) is 19.1 Å². The lowest BCUT2D eigenvalue weighted by Gasteiger charge is -2.22. The van der Waals surface area contributed by atoms with E-state index in [1.165, 1.54) is 23.3 Å². The fourth-order valence-electron chi connectivity index (χ4n) is 2.85. The highest BCUT2D eigenvalue weighted by Gasteiger charge is 2.31. The second-order valence-electron chi connectivity index (χ2n) is 5.21. The second kappa shape index (κ2) is 4.65. The molecule has 1 aliphatic carbocycles. The maximum absolute atomic E-state index is 12.8. The van der Waals surface area contributed by atoms with Crippen LogP contribution in [-0.2, 0) is 25.4 Å². The second-order valence-corrected chi connectivity index (χ2v) is 5.21. The van der Waals surface area contributed by atoms with Crippen molar-refractivity contribution in [2.75, 3.05) is 0 Å². The number of rotatable bonds is 1. The Labute approximate surface area is 116 Å². The maximum atomic E-state index is 12.8. The molecule has 0 nitrogen and oxygen atoms in total. The zero-order valence-electron chi connectivity index (χ0n) is 11.2. The van der Waals surface area contributed by atoms with Crippen LogP contribution in [-0.4, -0.2) is 0 Å². The van der Waals surface area contributed by atoms with Crippen molar-refractivity contribution in [1.29, 1.82) is 0 Å². The van der Waals surface area contributed by atoms with Crippen LogP contribution in [0.4, 0.5) is 13.2 Å². The van der Waals surface area contributed by atoms with Crippen LogP contribution in [0.25, 0.3) is 11.1 Å². The fraction of sp³-hybridized carbons (Fsp3) is 0.294. The molecule has 2 aromatic carbocycles. The highest BCUT2D eigenvalue weighted by atomic mass is 19.4. The molecular weight excluding hydrogens is 261 g/mol. The van der Waals surface area contributed by atoms with Gasteiger partial charge in [0.05, 0.1) is 5.56 Å². The quantitative estimate of drug-likeness (QED) is 0.685. The molecule has 3 rings (SSSR count). The molecule has 1 aliphatic rings. The standard InChI is InChI=1S/C17H15F3/c1-2-11-3-7-15-12(9-11)4-5-13-10-14(17(18,19)20)6-8-16(13)15/h3,6-10H,2,4-5H2,1H3. The van der Waals surface area contributed by atoms with Crippen molar-refractivity contribution >= 4 is 0 Å². The molecular formula is C17H15F3. The van der Waals surface area contributed by atoms with Crippen molar-refractivity contribution in [2.24, 2.45) is 0 Å². The summed E-state index contributed by atoms with van der Waals surface area (Å²) in [5, 5.41) is 0. The summed E-state index contributed by atoms with van der Waals surface area (Å²) >= 11 is 0. The molecule has 2 aromatic rings.